The van der Waals surface area contributed by atoms with E-state index < -0.39 is 0 Å². The fourth-order valence-corrected chi connectivity index (χ4v) is 2.79. The molecule has 0 unspecified atom stereocenters. The Balaban J connectivity index is 2.04. The van der Waals surface area contributed by atoms with E-state index in [1.807, 2.05) is 6.07 Å². The maximum absolute atomic E-state index is 12.6. The first-order chi connectivity index (χ1) is 11.0. The van der Waals surface area contributed by atoms with Crippen LogP contribution in [0.3, 0.4) is 0 Å². The first-order valence-electron chi connectivity index (χ1n) is 6.71. The van der Waals surface area contributed by atoms with Gasteiger partial charge < -0.3 is 0 Å². The molecule has 0 bridgehead atoms. The van der Waals surface area contributed by atoms with E-state index in [-0.39, 0.29) is 11.5 Å². The molecule has 0 aliphatic heterocycles. The predicted molar refractivity (Wildman–Crippen MR) is 96.3 cm³/mol. The molecule has 0 radical (unpaired) electrons. The second kappa shape index (κ2) is 6.25. The van der Waals surface area contributed by atoms with E-state index in [4.69, 9.17) is 0 Å². The van der Waals surface area contributed by atoms with Crippen LogP contribution in [0.25, 0.3) is 10.9 Å². The molecular formula is C16H11Br2N3O2. The fraction of sp³-hybridized carbons (Fsp3) is 0.0625. The van der Waals surface area contributed by atoms with Crippen LogP contribution in [-0.2, 0) is 0 Å². The molecule has 1 aromatic heterocycles. The number of rotatable bonds is 2. The molecule has 1 heterocycles. The lowest BCUT2D eigenvalue weighted by Gasteiger charge is -2.12. The Morgan fingerprint density at radius 3 is 2.43 bits per heavy atom. The monoisotopic (exact) mass is 435 g/mol. The third kappa shape index (κ3) is 3.20. The number of nitrogens with zero attached hydrogens (tertiary/aromatic N) is 2. The number of benzene rings is 2. The predicted octanol–water partition coefficient (Wildman–Crippen LogP) is 3.61. The molecule has 2 aromatic carbocycles. The van der Waals surface area contributed by atoms with Gasteiger partial charge in [-0.05, 0) is 49.4 Å². The second-order valence-electron chi connectivity index (χ2n) is 4.91. The van der Waals surface area contributed by atoms with Crippen molar-refractivity contribution in [1.29, 1.82) is 0 Å². The van der Waals surface area contributed by atoms with E-state index >= 15 is 0 Å². The summed E-state index contributed by atoms with van der Waals surface area (Å²) >= 11 is 6.65. The van der Waals surface area contributed by atoms with Crippen LogP contribution in [0, 0.1) is 6.92 Å². The lowest BCUT2D eigenvalue weighted by atomic mass is 10.2. The number of carbonyl (C=O) groups is 1. The van der Waals surface area contributed by atoms with E-state index in [0.717, 1.165) is 8.95 Å². The third-order valence-electron chi connectivity index (χ3n) is 3.32. The van der Waals surface area contributed by atoms with Crippen LogP contribution < -0.4 is 11.0 Å². The van der Waals surface area contributed by atoms with E-state index in [2.05, 4.69) is 42.3 Å². The van der Waals surface area contributed by atoms with Gasteiger partial charge in [0.25, 0.3) is 11.5 Å². The summed E-state index contributed by atoms with van der Waals surface area (Å²) in [5.74, 6) is 0.0362. The molecule has 0 atom stereocenters. The van der Waals surface area contributed by atoms with Crippen molar-refractivity contribution in [2.24, 2.45) is 0 Å². The number of nitrogens with one attached hydrogen (secondary N) is 1. The molecule has 3 aromatic rings. The van der Waals surface area contributed by atoms with Crippen LogP contribution in [0.4, 0.5) is 0 Å². The fourth-order valence-electron chi connectivity index (χ4n) is 2.17. The normalized spacial score (nSPS) is 10.7. The summed E-state index contributed by atoms with van der Waals surface area (Å²) in [7, 11) is 0. The standard InChI is InChI=1S/C16H11Br2N3O2/c1-9-19-14-7-6-12(18)8-13(14)16(23)21(9)20-15(22)10-2-4-11(17)5-3-10/h2-8H,1H3,(H,20,22). The molecule has 1 amide bonds. The van der Waals surface area contributed by atoms with Crippen molar-refractivity contribution in [3.8, 4) is 0 Å². The van der Waals surface area contributed by atoms with E-state index in [9.17, 15) is 9.59 Å². The lowest BCUT2D eigenvalue weighted by molar-refractivity contribution is 0.101. The second-order valence-corrected chi connectivity index (χ2v) is 6.74. The molecule has 3 rings (SSSR count). The van der Waals surface area contributed by atoms with Gasteiger partial charge in [-0.25, -0.2) is 9.66 Å². The average Bonchev–Trinajstić information content (AvgIpc) is 2.53. The highest BCUT2D eigenvalue weighted by atomic mass is 79.9. The summed E-state index contributed by atoms with van der Waals surface area (Å²) in [6, 6.07) is 12.1. The number of amides is 1. The Morgan fingerprint density at radius 1 is 1.09 bits per heavy atom. The van der Waals surface area contributed by atoms with Crippen molar-refractivity contribution in [3.63, 3.8) is 0 Å². The Hall–Kier alpha value is -1.99. The smallest absolute Gasteiger partial charge is 0.267 e. The van der Waals surface area contributed by atoms with Gasteiger partial charge in [-0.3, -0.25) is 15.0 Å². The molecule has 0 fully saturated rings. The van der Waals surface area contributed by atoms with E-state index in [1.165, 1.54) is 4.68 Å². The van der Waals surface area contributed by atoms with Crippen molar-refractivity contribution < 1.29 is 4.79 Å². The summed E-state index contributed by atoms with van der Waals surface area (Å²) in [5, 5.41) is 0.432. The average molecular weight is 437 g/mol. The number of fused-ring (bicyclic) bond motifs is 1. The van der Waals surface area contributed by atoms with Gasteiger partial charge in [0.2, 0.25) is 0 Å². The highest BCUT2D eigenvalue weighted by molar-refractivity contribution is 9.10. The molecule has 0 aliphatic rings. The van der Waals surface area contributed by atoms with Crippen molar-refractivity contribution in [2.75, 3.05) is 5.43 Å². The largest absolute Gasteiger partial charge is 0.280 e. The molecule has 0 aliphatic carbocycles. The van der Waals surface area contributed by atoms with Crippen LogP contribution >= 0.6 is 31.9 Å². The maximum Gasteiger partial charge on any atom is 0.280 e. The van der Waals surface area contributed by atoms with E-state index in [0.29, 0.717) is 22.3 Å². The first-order valence-corrected chi connectivity index (χ1v) is 8.30. The highest BCUT2D eigenvalue weighted by Gasteiger charge is 2.12. The molecule has 1 N–H and O–H groups in total. The molecule has 7 heteroatoms. The molecule has 5 nitrogen and oxygen atoms in total. The molecule has 23 heavy (non-hydrogen) atoms. The number of hydrogen-bond acceptors (Lipinski definition) is 3. The van der Waals surface area contributed by atoms with Gasteiger partial charge in [0, 0.05) is 14.5 Å². The topological polar surface area (TPSA) is 64.0 Å². The summed E-state index contributed by atoms with van der Waals surface area (Å²) in [5.41, 5.74) is 3.32. The van der Waals surface area contributed by atoms with Crippen LogP contribution in [0.15, 0.2) is 56.2 Å². The minimum absolute atomic E-state index is 0.320. The Labute approximate surface area is 148 Å². The summed E-state index contributed by atoms with van der Waals surface area (Å²) < 4.78 is 2.82. The molecule has 116 valence electrons. The summed E-state index contributed by atoms with van der Waals surface area (Å²) in [6.07, 6.45) is 0. The van der Waals surface area contributed by atoms with Crippen molar-refractivity contribution in [2.45, 2.75) is 6.92 Å². The molecular weight excluding hydrogens is 426 g/mol. The van der Waals surface area contributed by atoms with Crippen LogP contribution in [-0.4, -0.2) is 15.6 Å². The summed E-state index contributed by atoms with van der Waals surface area (Å²) in [4.78, 5) is 29.3. The van der Waals surface area contributed by atoms with Gasteiger partial charge in [0.1, 0.15) is 5.82 Å². The van der Waals surface area contributed by atoms with E-state index in [1.54, 1.807) is 43.3 Å². The van der Waals surface area contributed by atoms with Crippen molar-refractivity contribution in [1.82, 2.24) is 9.66 Å². The zero-order valence-electron chi connectivity index (χ0n) is 12.0. The van der Waals surface area contributed by atoms with Gasteiger partial charge >= 0.3 is 0 Å². The molecule has 0 spiro atoms. The maximum atomic E-state index is 12.6. The van der Waals surface area contributed by atoms with Crippen LogP contribution in [0.1, 0.15) is 16.2 Å². The SMILES string of the molecule is Cc1nc2ccc(Br)cc2c(=O)n1NC(=O)c1ccc(Br)cc1. The lowest BCUT2D eigenvalue weighted by Crippen LogP contribution is -2.35. The molecule has 0 saturated heterocycles. The Bertz CT molecular complexity index is 965. The van der Waals surface area contributed by atoms with Gasteiger partial charge in [-0.1, -0.05) is 31.9 Å². The Morgan fingerprint density at radius 2 is 1.74 bits per heavy atom. The Kier molecular flexibility index (Phi) is 4.32. The van der Waals surface area contributed by atoms with Crippen molar-refractivity contribution in [3.05, 3.63) is 73.2 Å². The summed E-state index contributed by atoms with van der Waals surface area (Å²) in [6.45, 7) is 1.67. The number of hydrogen-bond donors (Lipinski definition) is 1. The van der Waals surface area contributed by atoms with Gasteiger partial charge in [-0.15, -0.1) is 0 Å². The van der Waals surface area contributed by atoms with Crippen molar-refractivity contribution >= 4 is 48.7 Å². The van der Waals surface area contributed by atoms with Gasteiger partial charge in [0.05, 0.1) is 10.9 Å². The number of carbonyl (C=O) groups excluding carboxylic acids is 1. The number of halogens is 2. The van der Waals surface area contributed by atoms with Gasteiger partial charge in [0.15, 0.2) is 0 Å². The highest BCUT2D eigenvalue weighted by Crippen LogP contribution is 2.16. The minimum atomic E-state index is -0.376. The van der Waals surface area contributed by atoms with Crippen LogP contribution in [0.2, 0.25) is 0 Å². The number of aromatic nitrogens is 2. The third-order valence-corrected chi connectivity index (χ3v) is 4.34. The minimum Gasteiger partial charge on any atom is -0.267 e. The quantitative estimate of drug-likeness (QED) is 0.667. The number of aryl methyl sites for hydroxylation is 1. The van der Waals surface area contributed by atoms with Gasteiger partial charge in [-0.2, -0.15) is 0 Å². The van der Waals surface area contributed by atoms with Crippen LogP contribution in [0.5, 0.6) is 0 Å². The first kappa shape index (κ1) is 15.9. The molecule has 0 saturated carbocycles. The zero-order chi connectivity index (χ0) is 16.6. The zero-order valence-corrected chi connectivity index (χ0v) is 15.2.